The highest BCUT2D eigenvalue weighted by Gasteiger charge is 2.30. The molecule has 0 aromatic carbocycles. The molecule has 1 fully saturated rings. The molecule has 1 aliphatic rings. The Kier molecular flexibility index (Phi) is 5.26. The van der Waals surface area contributed by atoms with Crippen LogP contribution in [-0.2, 0) is 4.79 Å². The Labute approximate surface area is 99.6 Å². The largest absolute Gasteiger partial charge is 0.339 e. The van der Waals surface area contributed by atoms with E-state index in [-0.39, 0.29) is 5.92 Å². The summed E-state index contributed by atoms with van der Waals surface area (Å²) in [6.45, 7) is 8.19. The van der Waals surface area contributed by atoms with E-state index in [0.29, 0.717) is 17.9 Å². The molecular weight excluding hydrogens is 200 g/mol. The van der Waals surface area contributed by atoms with Gasteiger partial charge in [0.2, 0.25) is 5.91 Å². The smallest absolute Gasteiger partial charge is 0.226 e. The Morgan fingerprint density at radius 3 is 2.62 bits per heavy atom. The van der Waals surface area contributed by atoms with E-state index in [4.69, 9.17) is 0 Å². The third-order valence-electron chi connectivity index (χ3n) is 3.53. The van der Waals surface area contributed by atoms with Crippen molar-refractivity contribution in [3.05, 3.63) is 0 Å². The summed E-state index contributed by atoms with van der Waals surface area (Å²) in [4.78, 5) is 14.4. The topological polar surface area (TPSA) is 32.3 Å². The molecule has 0 aliphatic carbocycles. The van der Waals surface area contributed by atoms with Crippen LogP contribution < -0.4 is 5.32 Å². The number of nitrogens with zero attached hydrogens (tertiary/aromatic N) is 1. The van der Waals surface area contributed by atoms with Gasteiger partial charge < -0.3 is 10.2 Å². The van der Waals surface area contributed by atoms with E-state index >= 15 is 0 Å². The molecule has 1 amide bonds. The number of rotatable bonds is 4. The zero-order valence-corrected chi connectivity index (χ0v) is 11.1. The molecule has 1 rings (SSSR count). The fourth-order valence-corrected chi connectivity index (χ4v) is 2.60. The van der Waals surface area contributed by atoms with E-state index in [1.54, 1.807) is 0 Å². The molecule has 1 aliphatic heterocycles. The van der Waals surface area contributed by atoms with Crippen LogP contribution in [0.1, 0.15) is 40.0 Å². The molecule has 3 nitrogen and oxygen atoms in total. The van der Waals surface area contributed by atoms with Crippen molar-refractivity contribution in [1.82, 2.24) is 10.2 Å². The monoisotopic (exact) mass is 226 g/mol. The maximum absolute atomic E-state index is 12.3. The third-order valence-corrected chi connectivity index (χ3v) is 3.53. The van der Waals surface area contributed by atoms with Crippen molar-refractivity contribution in [2.45, 2.75) is 46.1 Å². The minimum absolute atomic E-state index is 0.101. The van der Waals surface area contributed by atoms with Gasteiger partial charge in [-0.3, -0.25) is 4.79 Å². The second kappa shape index (κ2) is 6.24. The van der Waals surface area contributed by atoms with Crippen LogP contribution in [0.15, 0.2) is 0 Å². The van der Waals surface area contributed by atoms with Gasteiger partial charge in [0.15, 0.2) is 0 Å². The van der Waals surface area contributed by atoms with Crippen LogP contribution in [0.25, 0.3) is 0 Å². The number of likely N-dealkylation sites (tertiary alicyclic amines) is 1. The summed E-state index contributed by atoms with van der Waals surface area (Å²) < 4.78 is 0. The van der Waals surface area contributed by atoms with Gasteiger partial charge in [-0.15, -0.1) is 0 Å². The highest BCUT2D eigenvalue weighted by Crippen LogP contribution is 2.24. The molecule has 0 saturated carbocycles. The Morgan fingerprint density at radius 1 is 1.38 bits per heavy atom. The fourth-order valence-electron chi connectivity index (χ4n) is 2.60. The van der Waals surface area contributed by atoms with E-state index < -0.39 is 0 Å². The zero-order valence-electron chi connectivity index (χ0n) is 11.1. The Bertz CT molecular complexity index is 228. The van der Waals surface area contributed by atoms with Gasteiger partial charge in [0.1, 0.15) is 0 Å². The van der Waals surface area contributed by atoms with Crippen molar-refractivity contribution in [2.24, 2.45) is 11.8 Å². The molecule has 0 aromatic rings. The van der Waals surface area contributed by atoms with Crippen LogP contribution in [0, 0.1) is 11.8 Å². The van der Waals surface area contributed by atoms with Gasteiger partial charge in [-0.1, -0.05) is 20.8 Å². The lowest BCUT2D eigenvalue weighted by Gasteiger charge is -2.39. The summed E-state index contributed by atoms with van der Waals surface area (Å²) >= 11 is 0. The number of amides is 1. The predicted molar refractivity (Wildman–Crippen MR) is 67.3 cm³/mol. The van der Waals surface area contributed by atoms with Crippen LogP contribution >= 0.6 is 0 Å². The van der Waals surface area contributed by atoms with Crippen molar-refractivity contribution in [3.8, 4) is 0 Å². The summed E-state index contributed by atoms with van der Waals surface area (Å²) in [6.07, 6.45) is 3.62. The van der Waals surface area contributed by atoms with Crippen LogP contribution in [0.2, 0.25) is 0 Å². The molecule has 0 spiro atoms. The van der Waals surface area contributed by atoms with Crippen LogP contribution in [0.5, 0.6) is 0 Å². The first kappa shape index (κ1) is 13.5. The first-order valence-electron chi connectivity index (χ1n) is 6.53. The van der Waals surface area contributed by atoms with Crippen molar-refractivity contribution in [1.29, 1.82) is 0 Å². The molecule has 1 N–H and O–H groups in total. The summed E-state index contributed by atoms with van der Waals surface area (Å²) in [5.74, 6) is 1.00. The summed E-state index contributed by atoms with van der Waals surface area (Å²) in [5.41, 5.74) is 0. The van der Waals surface area contributed by atoms with Crippen LogP contribution in [-0.4, -0.2) is 37.0 Å². The molecule has 16 heavy (non-hydrogen) atoms. The van der Waals surface area contributed by atoms with Crippen molar-refractivity contribution in [2.75, 3.05) is 20.1 Å². The van der Waals surface area contributed by atoms with Gasteiger partial charge in [-0.25, -0.2) is 0 Å². The lowest BCUT2D eigenvalue weighted by Crippen LogP contribution is -2.49. The molecule has 2 unspecified atom stereocenters. The van der Waals surface area contributed by atoms with Crippen LogP contribution in [0.4, 0.5) is 0 Å². The minimum atomic E-state index is 0.101. The molecule has 94 valence electrons. The maximum atomic E-state index is 12.3. The van der Waals surface area contributed by atoms with Gasteiger partial charge in [-0.2, -0.15) is 0 Å². The SMILES string of the molecule is CNCC(C)C(=O)N1CCCCC1C(C)C. The second-order valence-corrected chi connectivity index (χ2v) is 5.30. The fraction of sp³-hybridized carbons (Fsp3) is 0.923. The Morgan fingerprint density at radius 2 is 2.06 bits per heavy atom. The van der Waals surface area contributed by atoms with Crippen molar-refractivity contribution >= 4 is 5.91 Å². The van der Waals surface area contributed by atoms with E-state index in [2.05, 4.69) is 24.1 Å². The standard InChI is InChI=1S/C13H26N2O/c1-10(2)12-7-5-6-8-15(12)13(16)11(3)9-14-4/h10-12,14H,5-9H2,1-4H3. The number of piperidine rings is 1. The summed E-state index contributed by atoms with van der Waals surface area (Å²) in [5, 5.41) is 3.08. The Balaban J connectivity index is 2.63. The Hall–Kier alpha value is -0.570. The molecule has 0 bridgehead atoms. The molecule has 0 aromatic heterocycles. The maximum Gasteiger partial charge on any atom is 0.226 e. The van der Waals surface area contributed by atoms with E-state index in [1.807, 2.05) is 14.0 Å². The number of hydrogen-bond donors (Lipinski definition) is 1. The van der Waals surface area contributed by atoms with Crippen LogP contribution in [0.3, 0.4) is 0 Å². The molecule has 1 saturated heterocycles. The number of carbonyl (C=O) groups excluding carboxylic acids is 1. The second-order valence-electron chi connectivity index (χ2n) is 5.30. The predicted octanol–water partition coefficient (Wildman–Crippen LogP) is 1.88. The highest BCUT2D eigenvalue weighted by atomic mass is 16.2. The van der Waals surface area contributed by atoms with Gasteiger partial charge in [-0.05, 0) is 32.2 Å². The van der Waals surface area contributed by atoms with Crippen molar-refractivity contribution < 1.29 is 4.79 Å². The first-order valence-corrected chi connectivity index (χ1v) is 6.53. The minimum Gasteiger partial charge on any atom is -0.339 e. The molecule has 1 heterocycles. The summed E-state index contributed by atoms with van der Waals surface area (Å²) in [6, 6.07) is 0.459. The van der Waals surface area contributed by atoms with E-state index in [9.17, 15) is 4.79 Å². The van der Waals surface area contributed by atoms with Gasteiger partial charge >= 0.3 is 0 Å². The number of hydrogen-bond acceptors (Lipinski definition) is 2. The molecule has 3 heteroatoms. The average molecular weight is 226 g/mol. The van der Waals surface area contributed by atoms with E-state index in [1.165, 1.54) is 19.3 Å². The lowest BCUT2D eigenvalue weighted by atomic mass is 9.91. The van der Waals surface area contributed by atoms with Gasteiger partial charge in [0, 0.05) is 25.0 Å². The first-order chi connectivity index (χ1) is 7.57. The van der Waals surface area contributed by atoms with E-state index in [0.717, 1.165) is 13.1 Å². The highest BCUT2D eigenvalue weighted by molar-refractivity contribution is 5.79. The molecular formula is C13H26N2O. The lowest BCUT2D eigenvalue weighted by molar-refractivity contribution is -0.139. The third kappa shape index (κ3) is 3.21. The average Bonchev–Trinajstić information content (AvgIpc) is 2.28. The summed E-state index contributed by atoms with van der Waals surface area (Å²) in [7, 11) is 1.90. The van der Waals surface area contributed by atoms with Gasteiger partial charge in [0.25, 0.3) is 0 Å². The molecule has 0 radical (unpaired) electrons. The zero-order chi connectivity index (χ0) is 12.1. The van der Waals surface area contributed by atoms with Crippen molar-refractivity contribution in [3.63, 3.8) is 0 Å². The number of carbonyl (C=O) groups is 1. The van der Waals surface area contributed by atoms with Gasteiger partial charge in [0.05, 0.1) is 0 Å². The quantitative estimate of drug-likeness (QED) is 0.794. The normalized spacial score (nSPS) is 23.6. The number of nitrogens with one attached hydrogen (secondary N) is 1. The molecule has 2 atom stereocenters.